The van der Waals surface area contributed by atoms with E-state index in [1.165, 1.54) is 17.7 Å². The van der Waals surface area contributed by atoms with Crippen LogP contribution in [0.15, 0.2) is 24.3 Å². The average Bonchev–Trinajstić information content (AvgIpc) is 2.97. The van der Waals surface area contributed by atoms with Crippen LogP contribution in [0.5, 0.6) is 5.75 Å². The van der Waals surface area contributed by atoms with Crippen LogP contribution in [0.1, 0.15) is 49.9 Å². The van der Waals surface area contributed by atoms with Crippen molar-refractivity contribution in [1.29, 1.82) is 0 Å². The standard InChI is InChI=1S/C17H23NO4/c1-12(2)18(11-16(19)20)17(21)13-6-5-9-15(10-13)22-14-7-3-4-8-14/h5-6,9-10,12,14H,3-4,7-8,11H2,1-2H3,(H,19,20). The van der Waals surface area contributed by atoms with Crippen molar-refractivity contribution in [2.75, 3.05) is 6.54 Å². The molecule has 0 spiro atoms. The van der Waals surface area contributed by atoms with E-state index in [2.05, 4.69) is 0 Å². The first-order valence-electron chi connectivity index (χ1n) is 7.77. The maximum Gasteiger partial charge on any atom is 0.323 e. The number of carboxylic acid groups (broad SMARTS) is 1. The summed E-state index contributed by atoms with van der Waals surface area (Å²) in [5, 5.41) is 8.95. The second kappa shape index (κ2) is 7.29. The Balaban J connectivity index is 2.12. The van der Waals surface area contributed by atoms with Crippen LogP contribution in [0.25, 0.3) is 0 Å². The van der Waals surface area contributed by atoms with Crippen LogP contribution in [-0.2, 0) is 4.79 Å². The van der Waals surface area contributed by atoms with Gasteiger partial charge in [0.2, 0.25) is 0 Å². The van der Waals surface area contributed by atoms with Gasteiger partial charge < -0.3 is 14.7 Å². The minimum atomic E-state index is -1.01. The number of ether oxygens (including phenoxy) is 1. The third kappa shape index (κ3) is 4.23. The van der Waals surface area contributed by atoms with Crippen LogP contribution in [0, 0.1) is 0 Å². The lowest BCUT2D eigenvalue weighted by Crippen LogP contribution is -2.40. The van der Waals surface area contributed by atoms with Crippen molar-refractivity contribution in [3.05, 3.63) is 29.8 Å². The van der Waals surface area contributed by atoms with Crippen molar-refractivity contribution >= 4 is 11.9 Å². The molecule has 120 valence electrons. The fraction of sp³-hybridized carbons (Fsp3) is 0.529. The van der Waals surface area contributed by atoms with Gasteiger partial charge in [-0.1, -0.05) is 6.07 Å². The van der Waals surface area contributed by atoms with E-state index in [1.54, 1.807) is 32.0 Å². The molecule has 1 aliphatic carbocycles. The van der Waals surface area contributed by atoms with Crippen LogP contribution in [0.2, 0.25) is 0 Å². The van der Waals surface area contributed by atoms with Gasteiger partial charge in [-0.15, -0.1) is 0 Å². The Bertz CT molecular complexity index is 535. The van der Waals surface area contributed by atoms with Crippen LogP contribution >= 0.6 is 0 Å². The number of carbonyl (C=O) groups is 2. The molecule has 0 radical (unpaired) electrons. The minimum Gasteiger partial charge on any atom is -0.490 e. The number of carbonyl (C=O) groups excluding carboxylic acids is 1. The van der Waals surface area contributed by atoms with Gasteiger partial charge in [0, 0.05) is 11.6 Å². The molecule has 1 aromatic rings. The maximum absolute atomic E-state index is 12.5. The van der Waals surface area contributed by atoms with Crippen molar-refractivity contribution in [3.8, 4) is 5.75 Å². The molecule has 0 aromatic heterocycles. The Hall–Kier alpha value is -2.04. The van der Waals surface area contributed by atoms with Crippen LogP contribution in [0.3, 0.4) is 0 Å². The summed E-state index contributed by atoms with van der Waals surface area (Å²) in [5.74, 6) is -0.619. The Morgan fingerprint density at radius 3 is 2.59 bits per heavy atom. The van der Waals surface area contributed by atoms with E-state index in [1.807, 2.05) is 6.07 Å². The highest BCUT2D eigenvalue weighted by atomic mass is 16.5. The van der Waals surface area contributed by atoms with Gasteiger partial charge in [0.25, 0.3) is 5.91 Å². The first-order chi connectivity index (χ1) is 10.5. The molecule has 0 heterocycles. The summed E-state index contributed by atoms with van der Waals surface area (Å²) in [4.78, 5) is 24.8. The van der Waals surface area contributed by atoms with E-state index < -0.39 is 5.97 Å². The van der Waals surface area contributed by atoms with E-state index in [9.17, 15) is 9.59 Å². The largest absolute Gasteiger partial charge is 0.490 e. The Kier molecular flexibility index (Phi) is 5.41. The van der Waals surface area contributed by atoms with Gasteiger partial charge in [-0.25, -0.2) is 0 Å². The molecule has 0 bridgehead atoms. The molecule has 0 saturated heterocycles. The lowest BCUT2D eigenvalue weighted by molar-refractivity contribution is -0.138. The topological polar surface area (TPSA) is 66.8 Å². The minimum absolute atomic E-state index is 0.178. The fourth-order valence-corrected chi connectivity index (χ4v) is 2.70. The molecule has 0 atom stereocenters. The molecular formula is C17H23NO4. The van der Waals surface area contributed by atoms with E-state index in [-0.39, 0.29) is 24.6 Å². The van der Waals surface area contributed by atoms with Crippen molar-refractivity contribution in [3.63, 3.8) is 0 Å². The Morgan fingerprint density at radius 2 is 2.00 bits per heavy atom. The number of benzene rings is 1. The zero-order chi connectivity index (χ0) is 16.1. The number of hydrogen-bond donors (Lipinski definition) is 1. The highest BCUT2D eigenvalue weighted by Crippen LogP contribution is 2.25. The summed E-state index contributed by atoms with van der Waals surface area (Å²) in [5.41, 5.74) is 0.463. The van der Waals surface area contributed by atoms with Gasteiger partial charge in [-0.05, 0) is 57.7 Å². The molecule has 1 amide bonds. The van der Waals surface area contributed by atoms with Crippen LogP contribution in [-0.4, -0.2) is 40.6 Å². The number of hydrogen-bond acceptors (Lipinski definition) is 3. The highest BCUT2D eigenvalue weighted by molar-refractivity contribution is 5.96. The van der Waals surface area contributed by atoms with Gasteiger partial charge >= 0.3 is 5.97 Å². The quantitative estimate of drug-likeness (QED) is 0.877. The van der Waals surface area contributed by atoms with E-state index >= 15 is 0 Å². The van der Waals surface area contributed by atoms with Gasteiger partial charge in [-0.2, -0.15) is 0 Å². The Morgan fingerprint density at radius 1 is 1.32 bits per heavy atom. The smallest absolute Gasteiger partial charge is 0.323 e. The van der Waals surface area contributed by atoms with Crippen LogP contribution in [0.4, 0.5) is 0 Å². The van der Waals surface area contributed by atoms with Gasteiger partial charge in [0.15, 0.2) is 0 Å². The summed E-state index contributed by atoms with van der Waals surface area (Å²) in [6.45, 7) is 3.31. The number of nitrogens with zero attached hydrogens (tertiary/aromatic N) is 1. The molecule has 1 aromatic carbocycles. The van der Waals surface area contributed by atoms with Crippen molar-refractivity contribution < 1.29 is 19.4 Å². The van der Waals surface area contributed by atoms with E-state index in [0.717, 1.165) is 12.8 Å². The molecule has 0 unspecified atom stereocenters. The second-order valence-corrected chi connectivity index (χ2v) is 5.97. The number of rotatable bonds is 6. The van der Waals surface area contributed by atoms with Crippen molar-refractivity contribution in [2.45, 2.75) is 51.7 Å². The fourth-order valence-electron chi connectivity index (χ4n) is 2.70. The van der Waals surface area contributed by atoms with Gasteiger partial charge in [-0.3, -0.25) is 9.59 Å². The monoisotopic (exact) mass is 305 g/mol. The first-order valence-corrected chi connectivity index (χ1v) is 7.77. The van der Waals surface area contributed by atoms with Crippen molar-refractivity contribution in [1.82, 2.24) is 4.90 Å². The lowest BCUT2D eigenvalue weighted by Gasteiger charge is -2.25. The third-order valence-electron chi connectivity index (χ3n) is 3.88. The number of aliphatic carboxylic acids is 1. The molecule has 1 aliphatic rings. The Labute approximate surface area is 130 Å². The molecule has 1 N–H and O–H groups in total. The summed E-state index contributed by atoms with van der Waals surface area (Å²) >= 11 is 0. The first kappa shape index (κ1) is 16.3. The zero-order valence-corrected chi connectivity index (χ0v) is 13.1. The zero-order valence-electron chi connectivity index (χ0n) is 13.1. The van der Waals surface area contributed by atoms with E-state index in [0.29, 0.717) is 11.3 Å². The molecule has 22 heavy (non-hydrogen) atoms. The summed E-state index contributed by atoms with van der Waals surface area (Å²) in [6.07, 6.45) is 4.70. The SMILES string of the molecule is CC(C)N(CC(=O)O)C(=O)c1cccc(OC2CCCC2)c1. The second-order valence-electron chi connectivity index (χ2n) is 5.97. The van der Waals surface area contributed by atoms with E-state index in [4.69, 9.17) is 9.84 Å². The summed E-state index contributed by atoms with van der Waals surface area (Å²) in [7, 11) is 0. The predicted molar refractivity (Wildman–Crippen MR) is 83.1 cm³/mol. The van der Waals surface area contributed by atoms with Crippen molar-refractivity contribution in [2.24, 2.45) is 0 Å². The van der Waals surface area contributed by atoms with Gasteiger partial charge in [0.1, 0.15) is 12.3 Å². The van der Waals surface area contributed by atoms with Gasteiger partial charge in [0.05, 0.1) is 6.10 Å². The predicted octanol–water partition coefficient (Wildman–Crippen LogP) is 2.94. The summed E-state index contributed by atoms with van der Waals surface area (Å²) in [6, 6.07) is 6.84. The number of amides is 1. The molecule has 0 aliphatic heterocycles. The average molecular weight is 305 g/mol. The lowest BCUT2D eigenvalue weighted by atomic mass is 10.1. The summed E-state index contributed by atoms with van der Waals surface area (Å²) < 4.78 is 5.90. The molecule has 5 heteroatoms. The molecule has 2 rings (SSSR count). The molecular weight excluding hydrogens is 282 g/mol. The molecule has 1 fully saturated rings. The normalized spacial score (nSPS) is 15.0. The highest BCUT2D eigenvalue weighted by Gasteiger charge is 2.22. The maximum atomic E-state index is 12.5. The third-order valence-corrected chi connectivity index (χ3v) is 3.88. The number of carboxylic acids is 1. The van der Waals surface area contributed by atoms with Crippen LogP contribution < -0.4 is 4.74 Å². The molecule has 5 nitrogen and oxygen atoms in total. The molecule has 1 saturated carbocycles.